The SMILES string of the molecule is OCC(O)CNc1ccc(Cl)cc1. The van der Waals surface area contributed by atoms with Gasteiger partial charge < -0.3 is 15.5 Å². The van der Waals surface area contributed by atoms with Crippen LogP contribution in [-0.4, -0.2) is 29.5 Å². The molecule has 0 aliphatic carbocycles. The Bertz CT molecular complexity index is 250. The number of anilines is 1. The van der Waals surface area contributed by atoms with Crippen molar-refractivity contribution in [3.63, 3.8) is 0 Å². The first kappa shape index (κ1) is 10.3. The average molecular weight is 202 g/mol. The van der Waals surface area contributed by atoms with Crippen molar-refractivity contribution in [1.29, 1.82) is 0 Å². The van der Waals surface area contributed by atoms with Crippen LogP contribution in [0.25, 0.3) is 0 Å². The third-order valence-electron chi connectivity index (χ3n) is 1.60. The Labute approximate surface area is 82.0 Å². The zero-order valence-electron chi connectivity index (χ0n) is 7.07. The summed E-state index contributed by atoms with van der Waals surface area (Å²) >= 11 is 5.68. The molecule has 0 spiro atoms. The molecule has 1 aromatic carbocycles. The summed E-state index contributed by atoms with van der Waals surface area (Å²) < 4.78 is 0. The van der Waals surface area contributed by atoms with Crippen LogP contribution >= 0.6 is 11.6 Å². The van der Waals surface area contributed by atoms with Gasteiger partial charge in [0.15, 0.2) is 0 Å². The molecular formula is C9H12ClNO2. The number of nitrogens with one attached hydrogen (secondary N) is 1. The van der Waals surface area contributed by atoms with Crippen molar-refractivity contribution < 1.29 is 10.2 Å². The van der Waals surface area contributed by atoms with Gasteiger partial charge in [-0.3, -0.25) is 0 Å². The third-order valence-corrected chi connectivity index (χ3v) is 1.85. The van der Waals surface area contributed by atoms with Gasteiger partial charge in [-0.25, -0.2) is 0 Å². The lowest BCUT2D eigenvalue weighted by molar-refractivity contribution is 0.105. The van der Waals surface area contributed by atoms with Gasteiger partial charge in [-0.1, -0.05) is 11.6 Å². The fraction of sp³-hybridized carbons (Fsp3) is 0.333. The number of rotatable bonds is 4. The van der Waals surface area contributed by atoms with Gasteiger partial charge in [0.1, 0.15) is 0 Å². The van der Waals surface area contributed by atoms with Crippen LogP contribution in [0.2, 0.25) is 5.02 Å². The predicted molar refractivity (Wildman–Crippen MR) is 53.0 cm³/mol. The van der Waals surface area contributed by atoms with E-state index in [1.54, 1.807) is 12.1 Å². The highest BCUT2D eigenvalue weighted by molar-refractivity contribution is 6.30. The van der Waals surface area contributed by atoms with Gasteiger partial charge in [0.05, 0.1) is 12.7 Å². The normalized spacial score (nSPS) is 12.5. The van der Waals surface area contributed by atoms with Gasteiger partial charge in [-0.15, -0.1) is 0 Å². The van der Waals surface area contributed by atoms with Crippen LogP contribution in [0.15, 0.2) is 24.3 Å². The molecule has 0 aliphatic heterocycles. The first-order valence-corrected chi connectivity index (χ1v) is 4.38. The Morgan fingerprint density at radius 3 is 2.46 bits per heavy atom. The van der Waals surface area contributed by atoms with Crippen LogP contribution < -0.4 is 5.32 Å². The lowest BCUT2D eigenvalue weighted by Crippen LogP contribution is -2.22. The summed E-state index contributed by atoms with van der Waals surface area (Å²) in [4.78, 5) is 0. The summed E-state index contributed by atoms with van der Waals surface area (Å²) in [5.74, 6) is 0. The van der Waals surface area contributed by atoms with Gasteiger partial charge in [0, 0.05) is 17.3 Å². The Morgan fingerprint density at radius 2 is 1.92 bits per heavy atom. The van der Waals surface area contributed by atoms with Gasteiger partial charge in [-0.05, 0) is 24.3 Å². The van der Waals surface area contributed by atoms with Crippen LogP contribution in [0, 0.1) is 0 Å². The maximum atomic E-state index is 9.04. The average Bonchev–Trinajstić information content (AvgIpc) is 2.16. The molecule has 0 saturated heterocycles. The molecule has 0 radical (unpaired) electrons. The van der Waals surface area contributed by atoms with Crippen LogP contribution in [-0.2, 0) is 0 Å². The molecule has 0 aliphatic rings. The molecule has 1 aromatic rings. The second-order valence-corrected chi connectivity index (χ2v) is 3.16. The van der Waals surface area contributed by atoms with E-state index in [9.17, 15) is 0 Å². The highest BCUT2D eigenvalue weighted by Gasteiger charge is 2.00. The highest BCUT2D eigenvalue weighted by Crippen LogP contribution is 2.12. The molecule has 0 saturated carbocycles. The van der Waals surface area contributed by atoms with Crippen molar-refractivity contribution in [2.45, 2.75) is 6.10 Å². The van der Waals surface area contributed by atoms with Crippen molar-refractivity contribution in [2.75, 3.05) is 18.5 Å². The van der Waals surface area contributed by atoms with E-state index in [1.165, 1.54) is 0 Å². The lowest BCUT2D eigenvalue weighted by Gasteiger charge is -2.09. The molecular weight excluding hydrogens is 190 g/mol. The van der Waals surface area contributed by atoms with E-state index in [4.69, 9.17) is 21.8 Å². The van der Waals surface area contributed by atoms with E-state index in [-0.39, 0.29) is 6.61 Å². The summed E-state index contributed by atoms with van der Waals surface area (Å²) in [6.07, 6.45) is -0.726. The Kier molecular flexibility index (Phi) is 4.02. The summed E-state index contributed by atoms with van der Waals surface area (Å²) in [7, 11) is 0. The minimum atomic E-state index is -0.726. The Hall–Kier alpha value is -0.770. The van der Waals surface area contributed by atoms with E-state index >= 15 is 0 Å². The number of hydrogen-bond acceptors (Lipinski definition) is 3. The number of halogens is 1. The molecule has 0 aromatic heterocycles. The second kappa shape index (κ2) is 5.07. The van der Waals surface area contributed by atoms with Gasteiger partial charge in [0.2, 0.25) is 0 Å². The fourth-order valence-electron chi connectivity index (χ4n) is 0.868. The number of aliphatic hydroxyl groups excluding tert-OH is 2. The molecule has 0 bridgehead atoms. The van der Waals surface area contributed by atoms with E-state index in [0.29, 0.717) is 11.6 Å². The molecule has 0 amide bonds. The summed E-state index contributed by atoms with van der Waals surface area (Å²) in [5.41, 5.74) is 0.872. The third kappa shape index (κ3) is 3.63. The molecule has 4 heteroatoms. The molecule has 13 heavy (non-hydrogen) atoms. The lowest BCUT2D eigenvalue weighted by atomic mass is 10.3. The van der Waals surface area contributed by atoms with Gasteiger partial charge >= 0.3 is 0 Å². The van der Waals surface area contributed by atoms with Crippen molar-refractivity contribution in [2.24, 2.45) is 0 Å². The van der Waals surface area contributed by atoms with Crippen molar-refractivity contribution in [3.8, 4) is 0 Å². The van der Waals surface area contributed by atoms with Gasteiger partial charge in [-0.2, -0.15) is 0 Å². The molecule has 0 fully saturated rings. The zero-order valence-corrected chi connectivity index (χ0v) is 7.83. The van der Waals surface area contributed by atoms with Crippen molar-refractivity contribution in [3.05, 3.63) is 29.3 Å². The van der Waals surface area contributed by atoms with Gasteiger partial charge in [0.25, 0.3) is 0 Å². The zero-order chi connectivity index (χ0) is 9.68. The van der Waals surface area contributed by atoms with E-state index in [0.717, 1.165) is 5.69 Å². The van der Waals surface area contributed by atoms with E-state index in [1.807, 2.05) is 12.1 Å². The smallest absolute Gasteiger partial charge is 0.0942 e. The quantitative estimate of drug-likeness (QED) is 0.684. The fourth-order valence-corrected chi connectivity index (χ4v) is 0.994. The summed E-state index contributed by atoms with van der Waals surface area (Å²) in [5, 5.41) is 21.2. The number of hydrogen-bond donors (Lipinski definition) is 3. The highest BCUT2D eigenvalue weighted by atomic mass is 35.5. The largest absolute Gasteiger partial charge is 0.394 e. The van der Waals surface area contributed by atoms with Crippen LogP contribution in [0.3, 0.4) is 0 Å². The topological polar surface area (TPSA) is 52.5 Å². The molecule has 1 rings (SSSR count). The van der Waals surface area contributed by atoms with Crippen LogP contribution in [0.1, 0.15) is 0 Å². The van der Waals surface area contributed by atoms with Crippen molar-refractivity contribution >= 4 is 17.3 Å². The first-order chi connectivity index (χ1) is 6.22. The molecule has 3 nitrogen and oxygen atoms in total. The van der Waals surface area contributed by atoms with Crippen molar-refractivity contribution in [1.82, 2.24) is 0 Å². The van der Waals surface area contributed by atoms with E-state index in [2.05, 4.69) is 5.32 Å². The maximum absolute atomic E-state index is 9.04. The van der Waals surface area contributed by atoms with E-state index < -0.39 is 6.10 Å². The number of aliphatic hydroxyl groups is 2. The minimum absolute atomic E-state index is 0.236. The molecule has 1 atom stereocenters. The number of benzene rings is 1. The summed E-state index contributed by atoms with van der Waals surface area (Å²) in [6.45, 7) is 0.0960. The first-order valence-electron chi connectivity index (χ1n) is 4.00. The Balaban J connectivity index is 2.41. The molecule has 72 valence electrons. The predicted octanol–water partition coefficient (Wildman–Crippen LogP) is 1.11. The molecule has 3 N–H and O–H groups in total. The Morgan fingerprint density at radius 1 is 1.31 bits per heavy atom. The molecule has 0 heterocycles. The molecule has 1 unspecified atom stereocenters. The maximum Gasteiger partial charge on any atom is 0.0942 e. The second-order valence-electron chi connectivity index (χ2n) is 2.72. The summed E-state index contributed by atoms with van der Waals surface area (Å²) in [6, 6.07) is 7.14. The monoisotopic (exact) mass is 201 g/mol. The van der Waals surface area contributed by atoms with Crippen LogP contribution in [0.5, 0.6) is 0 Å². The standard InChI is InChI=1S/C9H12ClNO2/c10-7-1-3-8(4-2-7)11-5-9(13)6-12/h1-4,9,11-13H,5-6H2. The minimum Gasteiger partial charge on any atom is -0.394 e. The van der Waals surface area contributed by atoms with Crippen LogP contribution in [0.4, 0.5) is 5.69 Å².